The van der Waals surface area contributed by atoms with E-state index in [1.54, 1.807) is 0 Å². The summed E-state index contributed by atoms with van der Waals surface area (Å²) in [5.74, 6) is -1.19. The van der Waals surface area contributed by atoms with Gasteiger partial charge in [0.1, 0.15) is 6.04 Å². The van der Waals surface area contributed by atoms with Gasteiger partial charge in [-0.3, -0.25) is 4.79 Å². The van der Waals surface area contributed by atoms with Gasteiger partial charge in [0.25, 0.3) is 5.91 Å². The highest BCUT2D eigenvalue weighted by atomic mass is 16.5. The average Bonchev–Trinajstić information content (AvgIpc) is 2.52. The van der Waals surface area contributed by atoms with E-state index in [2.05, 4.69) is 0 Å². The van der Waals surface area contributed by atoms with Gasteiger partial charge in [-0.2, -0.15) is 0 Å². The number of piperidine rings is 1. The fourth-order valence-corrected chi connectivity index (χ4v) is 2.71. The second-order valence-electron chi connectivity index (χ2n) is 5.13. The van der Waals surface area contributed by atoms with Gasteiger partial charge in [-0.15, -0.1) is 0 Å². The number of ether oxygens (including phenoxy) is 1. The molecule has 1 saturated heterocycles. The molecule has 0 saturated carbocycles. The molecule has 1 aromatic carbocycles. The van der Waals surface area contributed by atoms with Crippen LogP contribution in [0.15, 0.2) is 30.3 Å². The van der Waals surface area contributed by atoms with Gasteiger partial charge in [-0.25, -0.2) is 4.79 Å². The largest absolute Gasteiger partial charge is 0.480 e. The van der Waals surface area contributed by atoms with Crippen LogP contribution in [0.1, 0.15) is 37.9 Å². The molecule has 0 aromatic heterocycles. The third-order valence-electron chi connectivity index (χ3n) is 3.73. The molecule has 1 N–H and O–H groups in total. The quantitative estimate of drug-likeness (QED) is 0.903. The van der Waals surface area contributed by atoms with Gasteiger partial charge >= 0.3 is 5.97 Å². The highest BCUT2D eigenvalue weighted by Gasteiger charge is 2.36. The van der Waals surface area contributed by atoms with Crippen LogP contribution in [0.25, 0.3) is 0 Å². The van der Waals surface area contributed by atoms with Crippen LogP contribution in [-0.4, -0.2) is 41.1 Å². The third-order valence-corrected chi connectivity index (χ3v) is 3.73. The molecule has 1 amide bonds. The van der Waals surface area contributed by atoms with Crippen LogP contribution in [-0.2, 0) is 14.3 Å². The first-order valence-electron chi connectivity index (χ1n) is 7.35. The Morgan fingerprint density at radius 1 is 1.33 bits per heavy atom. The van der Waals surface area contributed by atoms with Crippen LogP contribution in [0.3, 0.4) is 0 Å². The van der Waals surface area contributed by atoms with Crippen LogP contribution in [0.2, 0.25) is 0 Å². The molecule has 5 heteroatoms. The SMILES string of the molecule is CCOC(C(=O)N1CCCCC1C(=O)O)c1ccccc1. The third kappa shape index (κ3) is 3.61. The minimum Gasteiger partial charge on any atom is -0.480 e. The zero-order valence-corrected chi connectivity index (χ0v) is 12.2. The Bertz CT molecular complexity index is 488. The number of benzene rings is 1. The van der Waals surface area contributed by atoms with Crippen molar-refractivity contribution in [2.75, 3.05) is 13.2 Å². The standard InChI is InChI=1S/C16H21NO4/c1-2-21-14(12-8-4-3-5-9-12)15(18)17-11-7-6-10-13(17)16(19)20/h3-5,8-9,13-14H,2,6-7,10-11H2,1H3,(H,19,20). The highest BCUT2D eigenvalue weighted by Crippen LogP contribution is 2.25. The Balaban J connectivity index is 2.23. The summed E-state index contributed by atoms with van der Waals surface area (Å²) < 4.78 is 5.59. The van der Waals surface area contributed by atoms with E-state index in [0.29, 0.717) is 19.6 Å². The summed E-state index contributed by atoms with van der Waals surface area (Å²) in [6, 6.07) is 8.49. The van der Waals surface area contributed by atoms with Crippen molar-refractivity contribution in [3.63, 3.8) is 0 Å². The van der Waals surface area contributed by atoms with Gasteiger partial charge in [0.05, 0.1) is 0 Å². The number of rotatable bonds is 5. The molecule has 1 aromatic rings. The van der Waals surface area contributed by atoms with E-state index in [-0.39, 0.29) is 5.91 Å². The minimum absolute atomic E-state index is 0.254. The van der Waals surface area contributed by atoms with E-state index in [1.807, 2.05) is 37.3 Å². The lowest BCUT2D eigenvalue weighted by Gasteiger charge is -2.35. The molecule has 0 spiro atoms. The Morgan fingerprint density at radius 2 is 2.05 bits per heavy atom. The number of carbonyl (C=O) groups is 2. The van der Waals surface area contributed by atoms with E-state index < -0.39 is 18.1 Å². The Labute approximate surface area is 124 Å². The van der Waals surface area contributed by atoms with Gasteiger partial charge in [0.2, 0.25) is 0 Å². The number of aliphatic carboxylic acids is 1. The Morgan fingerprint density at radius 3 is 2.67 bits per heavy atom. The zero-order valence-electron chi connectivity index (χ0n) is 12.2. The molecule has 0 bridgehead atoms. The van der Waals surface area contributed by atoms with Gasteiger partial charge in [0, 0.05) is 13.2 Å². The molecule has 114 valence electrons. The molecule has 2 atom stereocenters. The number of hydrogen-bond acceptors (Lipinski definition) is 3. The average molecular weight is 291 g/mol. The number of likely N-dealkylation sites (tertiary alicyclic amines) is 1. The van der Waals surface area contributed by atoms with Crippen LogP contribution >= 0.6 is 0 Å². The second kappa shape index (κ2) is 7.22. The molecule has 1 fully saturated rings. The van der Waals surface area contributed by atoms with E-state index in [1.165, 1.54) is 4.90 Å². The summed E-state index contributed by atoms with van der Waals surface area (Å²) >= 11 is 0. The summed E-state index contributed by atoms with van der Waals surface area (Å²) in [6.45, 7) is 2.71. The molecule has 0 aliphatic carbocycles. The lowest BCUT2D eigenvalue weighted by Crippen LogP contribution is -2.50. The molecule has 2 unspecified atom stereocenters. The van der Waals surface area contributed by atoms with Crippen LogP contribution in [0, 0.1) is 0 Å². The smallest absolute Gasteiger partial charge is 0.326 e. The first-order chi connectivity index (χ1) is 10.1. The van der Waals surface area contributed by atoms with Crippen molar-refractivity contribution in [1.29, 1.82) is 0 Å². The monoisotopic (exact) mass is 291 g/mol. The first kappa shape index (κ1) is 15.5. The van der Waals surface area contributed by atoms with Crippen LogP contribution in [0.4, 0.5) is 0 Å². The lowest BCUT2D eigenvalue weighted by molar-refractivity contribution is -0.158. The van der Waals surface area contributed by atoms with Gasteiger partial charge in [-0.05, 0) is 31.7 Å². The molecular formula is C16H21NO4. The molecule has 1 heterocycles. The van der Waals surface area contributed by atoms with Crippen molar-refractivity contribution < 1.29 is 19.4 Å². The molecular weight excluding hydrogens is 270 g/mol. The predicted octanol–water partition coefficient (Wildman–Crippen LogP) is 2.23. The molecule has 1 aliphatic heterocycles. The second-order valence-corrected chi connectivity index (χ2v) is 5.13. The topological polar surface area (TPSA) is 66.8 Å². The molecule has 5 nitrogen and oxygen atoms in total. The lowest BCUT2D eigenvalue weighted by atomic mass is 10.00. The van der Waals surface area contributed by atoms with Crippen molar-refractivity contribution in [2.45, 2.75) is 38.3 Å². The number of carbonyl (C=O) groups excluding carboxylic acids is 1. The van der Waals surface area contributed by atoms with Crippen molar-refractivity contribution in [1.82, 2.24) is 4.90 Å². The van der Waals surface area contributed by atoms with E-state index >= 15 is 0 Å². The molecule has 2 rings (SSSR count). The molecule has 1 aliphatic rings. The molecule has 0 radical (unpaired) electrons. The molecule has 21 heavy (non-hydrogen) atoms. The van der Waals surface area contributed by atoms with Gasteiger partial charge < -0.3 is 14.7 Å². The summed E-state index contributed by atoms with van der Waals surface area (Å²) in [5, 5.41) is 9.31. The summed E-state index contributed by atoms with van der Waals surface area (Å²) in [4.78, 5) is 25.6. The normalized spacial score (nSPS) is 20.0. The van der Waals surface area contributed by atoms with Crippen molar-refractivity contribution in [2.24, 2.45) is 0 Å². The van der Waals surface area contributed by atoms with Gasteiger partial charge in [0.15, 0.2) is 6.10 Å². The van der Waals surface area contributed by atoms with Gasteiger partial charge in [-0.1, -0.05) is 30.3 Å². The van der Waals surface area contributed by atoms with Crippen molar-refractivity contribution >= 4 is 11.9 Å². The zero-order chi connectivity index (χ0) is 15.2. The highest BCUT2D eigenvalue weighted by molar-refractivity contribution is 5.87. The summed E-state index contributed by atoms with van der Waals surface area (Å²) in [5.41, 5.74) is 0.763. The van der Waals surface area contributed by atoms with E-state index in [4.69, 9.17) is 4.74 Å². The number of carboxylic acid groups (broad SMARTS) is 1. The number of carboxylic acids is 1. The van der Waals surface area contributed by atoms with Crippen molar-refractivity contribution in [3.8, 4) is 0 Å². The Hall–Kier alpha value is -1.88. The van der Waals surface area contributed by atoms with Crippen LogP contribution < -0.4 is 0 Å². The maximum Gasteiger partial charge on any atom is 0.326 e. The minimum atomic E-state index is -0.939. The fourth-order valence-electron chi connectivity index (χ4n) is 2.71. The predicted molar refractivity (Wildman–Crippen MR) is 77.8 cm³/mol. The van der Waals surface area contributed by atoms with E-state index in [9.17, 15) is 14.7 Å². The summed E-state index contributed by atoms with van der Waals surface area (Å²) in [7, 11) is 0. The van der Waals surface area contributed by atoms with Crippen molar-refractivity contribution in [3.05, 3.63) is 35.9 Å². The number of amides is 1. The summed E-state index contributed by atoms with van der Waals surface area (Å²) in [6.07, 6.45) is 1.46. The first-order valence-corrected chi connectivity index (χ1v) is 7.35. The Kier molecular flexibility index (Phi) is 5.33. The number of nitrogens with zero attached hydrogens (tertiary/aromatic N) is 1. The maximum atomic E-state index is 12.7. The van der Waals surface area contributed by atoms with E-state index in [0.717, 1.165) is 18.4 Å². The maximum absolute atomic E-state index is 12.7. The number of hydrogen-bond donors (Lipinski definition) is 1. The fraction of sp³-hybridized carbons (Fsp3) is 0.500. The van der Waals surface area contributed by atoms with Crippen LogP contribution in [0.5, 0.6) is 0 Å².